The van der Waals surface area contributed by atoms with Gasteiger partial charge in [0.1, 0.15) is 0 Å². The number of thioether (sulfide) groups is 1. The molecule has 1 amide bonds. The van der Waals surface area contributed by atoms with E-state index >= 15 is 0 Å². The highest BCUT2D eigenvalue weighted by atomic mass is 32.2. The Hall–Kier alpha value is -2.70. The van der Waals surface area contributed by atoms with E-state index in [1.54, 1.807) is 22.4 Å². The average molecular weight is 448 g/mol. The van der Waals surface area contributed by atoms with Crippen molar-refractivity contribution in [1.29, 1.82) is 0 Å². The normalized spacial score (nSPS) is 11.2. The van der Waals surface area contributed by atoms with Gasteiger partial charge in [0.25, 0.3) is 0 Å². The molecule has 2 aromatic carbocycles. The van der Waals surface area contributed by atoms with Gasteiger partial charge in [-0.2, -0.15) is 0 Å². The first-order chi connectivity index (χ1) is 15.0. The van der Waals surface area contributed by atoms with E-state index in [1.807, 2.05) is 61.2 Å². The molecular formula is C25H25N3OS2. The number of benzene rings is 2. The summed E-state index contributed by atoms with van der Waals surface area (Å²) in [5, 5.41) is 1.25. The molecule has 0 spiro atoms. The van der Waals surface area contributed by atoms with E-state index in [4.69, 9.17) is 4.98 Å². The second kappa shape index (κ2) is 9.62. The highest BCUT2D eigenvalue weighted by molar-refractivity contribution is 7.99. The number of amides is 1. The number of aromatic nitrogens is 2. The van der Waals surface area contributed by atoms with E-state index in [1.165, 1.54) is 4.90 Å². The number of para-hydroxylation sites is 1. The predicted molar refractivity (Wildman–Crippen MR) is 131 cm³/mol. The van der Waals surface area contributed by atoms with Crippen molar-refractivity contribution in [3.8, 4) is 0 Å². The monoisotopic (exact) mass is 447 g/mol. The minimum Gasteiger partial charge on any atom is -0.282 e. The van der Waals surface area contributed by atoms with Crippen LogP contribution in [0.2, 0.25) is 0 Å². The van der Waals surface area contributed by atoms with Gasteiger partial charge in [-0.15, -0.1) is 11.8 Å². The minimum absolute atomic E-state index is 0.0200. The number of nitrogens with zero attached hydrogens (tertiary/aromatic N) is 3. The highest BCUT2D eigenvalue weighted by Gasteiger charge is 2.21. The quantitative estimate of drug-likeness (QED) is 0.313. The number of fused-ring (bicyclic) bond motifs is 1. The zero-order valence-corrected chi connectivity index (χ0v) is 19.5. The fourth-order valence-electron chi connectivity index (χ4n) is 3.33. The zero-order valence-electron chi connectivity index (χ0n) is 17.9. The first-order valence-electron chi connectivity index (χ1n) is 10.3. The molecule has 2 aromatic heterocycles. The van der Waals surface area contributed by atoms with Gasteiger partial charge in [-0.3, -0.25) is 14.7 Å². The summed E-state index contributed by atoms with van der Waals surface area (Å²) in [6.07, 6.45) is 2.08. The van der Waals surface area contributed by atoms with Gasteiger partial charge in [0.05, 0.1) is 28.9 Å². The van der Waals surface area contributed by atoms with E-state index in [0.29, 0.717) is 23.3 Å². The second-order valence-corrected chi connectivity index (χ2v) is 10.4. The van der Waals surface area contributed by atoms with E-state index in [2.05, 4.69) is 37.0 Å². The maximum atomic E-state index is 13.4. The van der Waals surface area contributed by atoms with Gasteiger partial charge in [0, 0.05) is 16.3 Å². The summed E-state index contributed by atoms with van der Waals surface area (Å²) in [5.41, 5.74) is 3.91. The lowest BCUT2D eigenvalue weighted by Gasteiger charge is -2.19. The van der Waals surface area contributed by atoms with Gasteiger partial charge < -0.3 is 0 Å². The molecule has 0 unspecified atom stereocenters. The van der Waals surface area contributed by atoms with Crippen LogP contribution < -0.4 is 4.90 Å². The van der Waals surface area contributed by atoms with Crippen LogP contribution in [0.4, 0.5) is 5.13 Å². The van der Waals surface area contributed by atoms with Crippen LogP contribution >= 0.6 is 23.1 Å². The molecule has 0 saturated carbocycles. The third kappa shape index (κ3) is 5.32. The largest absolute Gasteiger partial charge is 0.282 e. The summed E-state index contributed by atoms with van der Waals surface area (Å²) in [5.74, 6) is 0.0200. The molecule has 158 valence electrons. The van der Waals surface area contributed by atoms with Crippen LogP contribution in [-0.4, -0.2) is 21.1 Å². The van der Waals surface area contributed by atoms with Crippen LogP contribution in [0, 0.1) is 6.92 Å². The van der Waals surface area contributed by atoms with Gasteiger partial charge in [-0.05, 0) is 48.4 Å². The molecule has 0 aliphatic carbocycles. The van der Waals surface area contributed by atoms with E-state index in [9.17, 15) is 4.79 Å². The zero-order chi connectivity index (χ0) is 21.8. The van der Waals surface area contributed by atoms with Gasteiger partial charge in [-0.1, -0.05) is 55.5 Å². The molecule has 0 radical (unpaired) electrons. The van der Waals surface area contributed by atoms with E-state index < -0.39 is 0 Å². The van der Waals surface area contributed by atoms with E-state index in [-0.39, 0.29) is 5.91 Å². The average Bonchev–Trinajstić information content (AvgIpc) is 3.19. The Labute approximate surface area is 191 Å². The molecule has 31 heavy (non-hydrogen) atoms. The SMILES string of the molecule is Cc1cccc2sc(N(Cc3ccccn3)C(=O)Cc3ccc(SC(C)C)cc3)nc12. The lowest BCUT2D eigenvalue weighted by molar-refractivity contribution is -0.118. The molecule has 0 atom stereocenters. The molecule has 0 fully saturated rings. The molecule has 4 aromatic rings. The molecule has 0 saturated heterocycles. The fourth-order valence-corrected chi connectivity index (χ4v) is 5.23. The molecule has 0 bridgehead atoms. The lowest BCUT2D eigenvalue weighted by Crippen LogP contribution is -2.32. The maximum Gasteiger partial charge on any atom is 0.233 e. The first kappa shape index (κ1) is 21.5. The Morgan fingerprint density at radius 1 is 1.06 bits per heavy atom. The van der Waals surface area contributed by atoms with Gasteiger partial charge in [-0.25, -0.2) is 4.98 Å². The Balaban J connectivity index is 1.61. The second-order valence-electron chi connectivity index (χ2n) is 7.71. The third-order valence-corrected chi connectivity index (χ3v) is 6.90. The lowest BCUT2D eigenvalue weighted by atomic mass is 10.1. The van der Waals surface area contributed by atoms with Crippen molar-refractivity contribution in [2.45, 2.75) is 43.9 Å². The van der Waals surface area contributed by atoms with Crippen molar-refractivity contribution in [2.75, 3.05) is 4.90 Å². The maximum absolute atomic E-state index is 13.4. The van der Waals surface area contributed by atoms with Crippen LogP contribution in [0.5, 0.6) is 0 Å². The molecule has 0 aliphatic heterocycles. The first-order valence-corrected chi connectivity index (χ1v) is 12.0. The third-order valence-electron chi connectivity index (χ3n) is 4.84. The van der Waals surface area contributed by atoms with Crippen molar-refractivity contribution in [3.05, 3.63) is 83.7 Å². The fraction of sp³-hybridized carbons (Fsp3) is 0.240. The van der Waals surface area contributed by atoms with Crippen molar-refractivity contribution >= 4 is 44.4 Å². The Morgan fingerprint density at radius 2 is 1.87 bits per heavy atom. The number of hydrogen-bond acceptors (Lipinski definition) is 5. The molecule has 4 rings (SSSR count). The summed E-state index contributed by atoms with van der Waals surface area (Å²) in [6.45, 7) is 6.81. The summed E-state index contributed by atoms with van der Waals surface area (Å²) < 4.78 is 1.09. The summed E-state index contributed by atoms with van der Waals surface area (Å²) >= 11 is 3.37. The number of anilines is 1. The van der Waals surface area contributed by atoms with Gasteiger partial charge in [0.15, 0.2) is 5.13 Å². The van der Waals surface area contributed by atoms with Crippen molar-refractivity contribution in [3.63, 3.8) is 0 Å². The molecule has 0 aliphatic rings. The number of rotatable bonds is 7. The number of hydrogen-bond donors (Lipinski definition) is 0. The van der Waals surface area contributed by atoms with Crippen LogP contribution in [-0.2, 0) is 17.8 Å². The molecule has 2 heterocycles. The van der Waals surface area contributed by atoms with Crippen molar-refractivity contribution in [1.82, 2.24) is 9.97 Å². The smallest absolute Gasteiger partial charge is 0.233 e. The molecular weight excluding hydrogens is 422 g/mol. The minimum atomic E-state index is 0.0200. The van der Waals surface area contributed by atoms with Gasteiger partial charge in [0.2, 0.25) is 5.91 Å². The topological polar surface area (TPSA) is 46.1 Å². The predicted octanol–water partition coefficient (Wildman–Crippen LogP) is 6.28. The number of thiazole rings is 1. The van der Waals surface area contributed by atoms with Crippen molar-refractivity contribution < 1.29 is 4.79 Å². The van der Waals surface area contributed by atoms with Crippen LogP contribution in [0.25, 0.3) is 10.2 Å². The highest BCUT2D eigenvalue weighted by Crippen LogP contribution is 2.32. The number of aryl methyl sites for hydroxylation is 1. The Bertz CT molecular complexity index is 1170. The molecule has 0 N–H and O–H groups in total. The van der Waals surface area contributed by atoms with Crippen LogP contribution in [0.3, 0.4) is 0 Å². The molecule has 4 nitrogen and oxygen atoms in total. The van der Waals surface area contributed by atoms with Crippen LogP contribution in [0.15, 0.2) is 71.8 Å². The number of carbonyl (C=O) groups excluding carboxylic acids is 1. The van der Waals surface area contributed by atoms with E-state index in [0.717, 1.165) is 27.0 Å². The standard InChI is InChI=1S/C25H25N3OS2/c1-17(2)30-21-12-10-19(11-13-21)15-23(29)28(16-20-8-4-5-14-26-20)25-27-24-18(3)7-6-9-22(24)31-25/h4-14,17H,15-16H2,1-3H3. The van der Waals surface area contributed by atoms with Crippen LogP contribution in [0.1, 0.15) is 30.7 Å². The summed E-state index contributed by atoms with van der Waals surface area (Å²) in [6, 6.07) is 20.2. The number of carbonyl (C=O) groups is 1. The Morgan fingerprint density at radius 3 is 2.55 bits per heavy atom. The summed E-state index contributed by atoms with van der Waals surface area (Å²) in [4.78, 5) is 25.6. The Kier molecular flexibility index (Phi) is 6.68. The van der Waals surface area contributed by atoms with Crippen molar-refractivity contribution in [2.24, 2.45) is 0 Å². The summed E-state index contributed by atoms with van der Waals surface area (Å²) in [7, 11) is 0. The number of pyridine rings is 1. The molecule has 6 heteroatoms. The van der Waals surface area contributed by atoms with Gasteiger partial charge >= 0.3 is 0 Å².